The summed E-state index contributed by atoms with van der Waals surface area (Å²) in [5.74, 6) is 0.723. The van der Waals surface area contributed by atoms with Crippen LogP contribution in [0.3, 0.4) is 0 Å². The second-order valence-electron chi connectivity index (χ2n) is 8.80. The fourth-order valence-corrected chi connectivity index (χ4v) is 6.24. The summed E-state index contributed by atoms with van der Waals surface area (Å²) >= 11 is 4.98. The van der Waals surface area contributed by atoms with Crippen molar-refractivity contribution < 1.29 is 4.74 Å². The van der Waals surface area contributed by atoms with Gasteiger partial charge in [0.15, 0.2) is 4.80 Å². The molecule has 0 amide bonds. The molecule has 4 aromatic rings. The predicted molar refractivity (Wildman–Crippen MR) is 149 cm³/mol. The minimum atomic E-state index is -0.188. The number of hydrogen-bond acceptors (Lipinski definition) is 4. The maximum Gasteiger partial charge on any atom is 0.271 e. The molecule has 0 N–H and O–H groups in total. The maximum atomic E-state index is 13.9. The molecule has 3 aromatic carbocycles. The standard InChI is InChI=1S/C30H23BrN2O2S/c1-2-17-35-25-10-6-4-8-21(25)18-26-29(34)33-28(20-11-14-22(31)15-12-20)24-16-13-19-7-3-5-9-23(19)27(24)32-30(33)36-26/h2-12,14-15,18,28H,1,13,16-17H2/b26-18-/t28-/m1/s1. The molecule has 2 aliphatic rings. The minimum Gasteiger partial charge on any atom is -0.489 e. The van der Waals surface area contributed by atoms with E-state index >= 15 is 0 Å². The Labute approximate surface area is 221 Å². The molecule has 1 aromatic heterocycles. The van der Waals surface area contributed by atoms with Gasteiger partial charge in [-0.2, -0.15) is 0 Å². The van der Waals surface area contributed by atoms with Crippen LogP contribution < -0.4 is 19.6 Å². The van der Waals surface area contributed by atoms with Gasteiger partial charge in [0.1, 0.15) is 12.4 Å². The van der Waals surface area contributed by atoms with E-state index < -0.39 is 0 Å². The number of rotatable bonds is 5. The van der Waals surface area contributed by atoms with Crippen molar-refractivity contribution in [2.75, 3.05) is 6.61 Å². The van der Waals surface area contributed by atoms with Gasteiger partial charge in [0.05, 0.1) is 16.3 Å². The van der Waals surface area contributed by atoms with Crippen molar-refractivity contribution in [3.8, 4) is 5.75 Å². The Hall–Kier alpha value is -3.48. The lowest BCUT2D eigenvalue weighted by Crippen LogP contribution is -2.38. The van der Waals surface area contributed by atoms with Crippen molar-refractivity contribution >= 4 is 39.0 Å². The first kappa shape index (κ1) is 23.0. The third-order valence-electron chi connectivity index (χ3n) is 6.62. The summed E-state index contributed by atoms with van der Waals surface area (Å²) in [6.07, 6.45) is 5.44. The van der Waals surface area contributed by atoms with Crippen LogP contribution in [-0.4, -0.2) is 11.2 Å². The maximum absolute atomic E-state index is 13.9. The topological polar surface area (TPSA) is 43.6 Å². The summed E-state index contributed by atoms with van der Waals surface area (Å²) in [7, 11) is 0. The summed E-state index contributed by atoms with van der Waals surface area (Å²) in [6.45, 7) is 4.14. The molecule has 2 heterocycles. The zero-order valence-corrected chi connectivity index (χ0v) is 21.9. The number of thiazole rings is 1. The van der Waals surface area contributed by atoms with Crippen molar-refractivity contribution in [1.29, 1.82) is 0 Å². The van der Waals surface area contributed by atoms with Crippen molar-refractivity contribution in [3.63, 3.8) is 0 Å². The first-order valence-corrected chi connectivity index (χ1v) is 13.5. The molecule has 0 unspecified atom stereocenters. The van der Waals surface area contributed by atoms with Gasteiger partial charge in [-0.05, 0) is 53.8 Å². The van der Waals surface area contributed by atoms with Crippen LogP contribution in [0.2, 0.25) is 0 Å². The lowest BCUT2D eigenvalue weighted by atomic mass is 9.83. The van der Waals surface area contributed by atoms with E-state index in [1.54, 1.807) is 6.08 Å². The fourth-order valence-electron chi connectivity index (χ4n) is 4.99. The highest BCUT2D eigenvalue weighted by Gasteiger charge is 2.32. The quantitative estimate of drug-likeness (QED) is 0.299. The van der Waals surface area contributed by atoms with Gasteiger partial charge in [0, 0.05) is 15.6 Å². The van der Waals surface area contributed by atoms with Crippen LogP contribution in [0.15, 0.2) is 105 Å². The summed E-state index contributed by atoms with van der Waals surface area (Å²) in [6, 6.07) is 24.3. The van der Waals surface area contributed by atoms with Crippen LogP contribution in [-0.2, 0) is 6.42 Å². The average Bonchev–Trinajstić information content (AvgIpc) is 3.22. The Morgan fingerprint density at radius 3 is 2.67 bits per heavy atom. The lowest BCUT2D eigenvalue weighted by Gasteiger charge is -2.30. The Morgan fingerprint density at radius 2 is 1.83 bits per heavy atom. The van der Waals surface area contributed by atoms with E-state index in [9.17, 15) is 4.79 Å². The minimum absolute atomic E-state index is 0.0319. The van der Waals surface area contributed by atoms with Crippen LogP contribution in [0.1, 0.15) is 34.7 Å². The van der Waals surface area contributed by atoms with Crippen LogP contribution in [0, 0.1) is 0 Å². The van der Waals surface area contributed by atoms with E-state index in [0.29, 0.717) is 11.1 Å². The molecule has 4 nitrogen and oxygen atoms in total. The molecule has 36 heavy (non-hydrogen) atoms. The van der Waals surface area contributed by atoms with E-state index in [1.165, 1.54) is 28.0 Å². The van der Waals surface area contributed by atoms with Crippen LogP contribution in [0.25, 0.3) is 11.8 Å². The number of benzene rings is 3. The normalized spacial score (nSPS) is 16.6. The Bertz CT molecular complexity index is 1700. The zero-order chi connectivity index (χ0) is 24.6. The summed E-state index contributed by atoms with van der Waals surface area (Å²) in [4.78, 5) is 19.7. The van der Waals surface area contributed by atoms with E-state index in [1.807, 2.05) is 47.0 Å². The van der Waals surface area contributed by atoms with Gasteiger partial charge in [0.2, 0.25) is 0 Å². The van der Waals surface area contributed by atoms with Gasteiger partial charge in [-0.1, -0.05) is 94.5 Å². The van der Waals surface area contributed by atoms with Crippen molar-refractivity contribution in [1.82, 2.24) is 4.57 Å². The number of para-hydroxylation sites is 1. The first-order valence-electron chi connectivity index (χ1n) is 11.9. The monoisotopic (exact) mass is 554 g/mol. The highest BCUT2D eigenvalue weighted by atomic mass is 79.9. The van der Waals surface area contributed by atoms with Gasteiger partial charge in [-0.3, -0.25) is 9.36 Å². The molecule has 1 atom stereocenters. The van der Waals surface area contributed by atoms with Gasteiger partial charge >= 0.3 is 0 Å². The average molecular weight is 555 g/mol. The number of hydrogen-bond donors (Lipinski definition) is 0. The number of aromatic nitrogens is 1. The van der Waals surface area contributed by atoms with Gasteiger partial charge in [-0.15, -0.1) is 0 Å². The van der Waals surface area contributed by atoms with Crippen LogP contribution in [0.4, 0.5) is 0 Å². The molecule has 6 heteroatoms. The molecule has 0 saturated carbocycles. The highest BCUT2D eigenvalue weighted by molar-refractivity contribution is 9.10. The van der Waals surface area contributed by atoms with E-state index in [0.717, 1.165) is 44.7 Å². The lowest BCUT2D eigenvalue weighted by molar-refractivity contribution is 0.362. The van der Waals surface area contributed by atoms with E-state index in [2.05, 4.69) is 58.9 Å². The van der Waals surface area contributed by atoms with Crippen molar-refractivity contribution in [2.24, 2.45) is 4.99 Å². The Kier molecular flexibility index (Phi) is 6.07. The summed E-state index contributed by atoms with van der Waals surface area (Å²) in [5.41, 5.74) is 6.59. The van der Waals surface area contributed by atoms with Gasteiger partial charge in [-0.25, -0.2) is 4.99 Å². The van der Waals surface area contributed by atoms with Gasteiger partial charge < -0.3 is 4.74 Å². The molecular weight excluding hydrogens is 532 g/mol. The van der Waals surface area contributed by atoms with E-state index in [-0.39, 0.29) is 11.6 Å². The zero-order valence-electron chi connectivity index (χ0n) is 19.5. The van der Waals surface area contributed by atoms with Crippen LogP contribution in [0.5, 0.6) is 5.75 Å². The number of aryl methyl sites for hydroxylation is 1. The second kappa shape index (κ2) is 9.52. The predicted octanol–water partition coefficient (Wildman–Crippen LogP) is 5.65. The van der Waals surface area contributed by atoms with Crippen molar-refractivity contribution in [3.05, 3.63) is 137 Å². The first-order chi connectivity index (χ1) is 17.6. The molecule has 0 radical (unpaired) electrons. The van der Waals surface area contributed by atoms with Gasteiger partial charge in [0.25, 0.3) is 5.56 Å². The molecule has 0 spiro atoms. The number of halogens is 1. The second-order valence-corrected chi connectivity index (χ2v) is 10.7. The Morgan fingerprint density at radius 1 is 1.06 bits per heavy atom. The SMILES string of the molecule is C=CCOc1ccccc1/C=c1\sc2n(c1=O)[C@H](c1ccc(Br)cc1)C1=C(N=2)c2ccccc2CC1. The molecular formula is C30H23BrN2O2S. The number of ether oxygens (including phenoxy) is 1. The number of allylic oxidation sites excluding steroid dienone is 1. The molecule has 0 fully saturated rings. The third-order valence-corrected chi connectivity index (χ3v) is 8.13. The molecule has 1 aliphatic heterocycles. The Balaban J connectivity index is 1.58. The van der Waals surface area contributed by atoms with Crippen LogP contribution >= 0.6 is 27.3 Å². The fraction of sp³-hybridized carbons (Fsp3) is 0.133. The number of fused-ring (bicyclic) bond motifs is 3. The van der Waals surface area contributed by atoms with Crippen molar-refractivity contribution in [2.45, 2.75) is 18.9 Å². The molecule has 0 bridgehead atoms. The largest absolute Gasteiger partial charge is 0.489 e. The summed E-state index contributed by atoms with van der Waals surface area (Å²) < 4.78 is 9.35. The highest BCUT2D eigenvalue weighted by Crippen LogP contribution is 2.41. The molecule has 6 rings (SSSR count). The molecule has 0 saturated heterocycles. The molecule has 1 aliphatic carbocycles. The smallest absolute Gasteiger partial charge is 0.271 e. The summed E-state index contributed by atoms with van der Waals surface area (Å²) in [5, 5.41) is 0. The third kappa shape index (κ3) is 4.00. The van der Waals surface area contributed by atoms with E-state index in [4.69, 9.17) is 9.73 Å². The molecule has 178 valence electrons. The number of nitrogens with zero attached hydrogens (tertiary/aromatic N) is 2.